The molecule has 1 fully saturated rings. The fourth-order valence-electron chi connectivity index (χ4n) is 4.63. The molecule has 4 rings (SSSR count). The maximum atomic E-state index is 12.7. The van der Waals surface area contributed by atoms with Crippen molar-refractivity contribution in [3.63, 3.8) is 0 Å². The number of rotatable bonds is 7. The Balaban J connectivity index is 1.46. The fraction of sp³-hybridized carbons (Fsp3) is 0.462. The van der Waals surface area contributed by atoms with E-state index in [-0.39, 0.29) is 12.0 Å². The first-order valence-electron chi connectivity index (χ1n) is 11.5. The smallest absolute Gasteiger partial charge is 0.414 e. The third-order valence-electron chi connectivity index (χ3n) is 6.49. The molecule has 1 aliphatic heterocycles. The lowest BCUT2D eigenvalue weighted by atomic mass is 10.0. The number of hydrogen-bond acceptors (Lipinski definition) is 5. The predicted molar refractivity (Wildman–Crippen MR) is 126 cm³/mol. The van der Waals surface area contributed by atoms with Crippen molar-refractivity contribution in [1.82, 2.24) is 4.90 Å². The molecule has 2 amide bonds. The molecule has 33 heavy (non-hydrogen) atoms. The lowest BCUT2D eigenvalue weighted by molar-refractivity contribution is -0.130. The van der Waals surface area contributed by atoms with Gasteiger partial charge in [0, 0.05) is 30.8 Å². The van der Waals surface area contributed by atoms with E-state index in [2.05, 4.69) is 12.1 Å². The van der Waals surface area contributed by atoms with Crippen LogP contribution in [0.3, 0.4) is 0 Å². The van der Waals surface area contributed by atoms with Gasteiger partial charge in [-0.05, 0) is 61.1 Å². The minimum Gasteiger partial charge on any atom is -0.497 e. The van der Waals surface area contributed by atoms with E-state index in [0.29, 0.717) is 31.1 Å². The molecule has 7 heteroatoms. The number of ether oxygens (including phenoxy) is 3. The second-order valence-corrected chi connectivity index (χ2v) is 8.71. The molecule has 1 saturated heterocycles. The summed E-state index contributed by atoms with van der Waals surface area (Å²) in [5.41, 5.74) is 4.45. The van der Waals surface area contributed by atoms with E-state index in [0.717, 1.165) is 24.1 Å². The van der Waals surface area contributed by atoms with Crippen molar-refractivity contribution in [3.05, 3.63) is 53.1 Å². The molecule has 7 nitrogen and oxygen atoms in total. The van der Waals surface area contributed by atoms with Crippen molar-refractivity contribution >= 4 is 17.7 Å². The fourth-order valence-corrected chi connectivity index (χ4v) is 4.63. The third kappa shape index (κ3) is 5.24. The average Bonchev–Trinajstić information content (AvgIpc) is 3.02. The largest absolute Gasteiger partial charge is 0.497 e. The molecule has 0 spiro atoms. The van der Waals surface area contributed by atoms with Crippen molar-refractivity contribution in [1.29, 1.82) is 0 Å². The topological polar surface area (TPSA) is 68.3 Å². The summed E-state index contributed by atoms with van der Waals surface area (Å²) in [5.74, 6) is 1.24. The second kappa shape index (κ2) is 10.1. The molecule has 1 heterocycles. The average molecular weight is 453 g/mol. The van der Waals surface area contributed by atoms with Crippen LogP contribution in [0, 0.1) is 0 Å². The molecule has 2 aromatic carbocycles. The maximum Gasteiger partial charge on any atom is 0.414 e. The first-order chi connectivity index (χ1) is 16.0. The Hall–Kier alpha value is -3.22. The van der Waals surface area contributed by atoms with Gasteiger partial charge < -0.3 is 19.1 Å². The number of cyclic esters (lactones) is 1. The number of methoxy groups -OCH3 is 2. The van der Waals surface area contributed by atoms with Crippen LogP contribution in [-0.4, -0.2) is 50.3 Å². The van der Waals surface area contributed by atoms with Crippen LogP contribution in [0.5, 0.6) is 11.5 Å². The molecule has 176 valence electrons. The molecular formula is C26H32N2O5. The molecule has 1 atom stereocenters. The Morgan fingerprint density at radius 1 is 1.06 bits per heavy atom. The van der Waals surface area contributed by atoms with Gasteiger partial charge in [0.2, 0.25) is 5.91 Å². The van der Waals surface area contributed by atoms with Crippen LogP contribution in [0.25, 0.3) is 0 Å². The number of hydrogen-bond donors (Lipinski definition) is 0. The number of anilines is 1. The summed E-state index contributed by atoms with van der Waals surface area (Å²) >= 11 is 0. The molecule has 0 aromatic heterocycles. The zero-order valence-electron chi connectivity index (χ0n) is 19.6. The highest BCUT2D eigenvalue weighted by Gasteiger charge is 2.34. The van der Waals surface area contributed by atoms with Gasteiger partial charge in [-0.3, -0.25) is 9.69 Å². The minimum atomic E-state index is -0.399. The highest BCUT2D eigenvalue weighted by atomic mass is 16.6. The van der Waals surface area contributed by atoms with E-state index in [9.17, 15) is 9.59 Å². The van der Waals surface area contributed by atoms with Crippen LogP contribution in [0.1, 0.15) is 42.9 Å². The Kier molecular flexibility index (Phi) is 7.06. The molecular weight excluding hydrogens is 420 g/mol. The van der Waals surface area contributed by atoms with Crippen LogP contribution in [0.2, 0.25) is 0 Å². The van der Waals surface area contributed by atoms with Gasteiger partial charge in [-0.25, -0.2) is 4.79 Å². The summed E-state index contributed by atoms with van der Waals surface area (Å²) in [6.45, 7) is 2.62. The SMILES string of the molecule is COc1ccc(CN(CC2CN(c3ccc4c(c3)CCCCC4)C(=O)O2)C(C)=O)c(OC)c1. The number of carbonyl (C=O) groups is 2. The normalized spacial score (nSPS) is 17.7. The van der Waals surface area contributed by atoms with Gasteiger partial charge in [0.05, 0.1) is 27.3 Å². The Morgan fingerprint density at radius 3 is 2.58 bits per heavy atom. The van der Waals surface area contributed by atoms with Gasteiger partial charge >= 0.3 is 6.09 Å². The first-order valence-corrected chi connectivity index (χ1v) is 11.5. The lowest BCUT2D eigenvalue weighted by Crippen LogP contribution is -2.37. The zero-order valence-corrected chi connectivity index (χ0v) is 19.6. The van der Waals surface area contributed by atoms with Gasteiger partial charge in [0.15, 0.2) is 0 Å². The van der Waals surface area contributed by atoms with E-state index in [4.69, 9.17) is 14.2 Å². The molecule has 1 aliphatic carbocycles. The molecule has 1 unspecified atom stereocenters. The molecule has 0 N–H and O–H groups in total. The molecule has 0 bridgehead atoms. The van der Waals surface area contributed by atoms with Gasteiger partial charge in [0.1, 0.15) is 17.6 Å². The van der Waals surface area contributed by atoms with Gasteiger partial charge in [0.25, 0.3) is 0 Å². The number of aryl methyl sites for hydroxylation is 2. The van der Waals surface area contributed by atoms with E-state index >= 15 is 0 Å². The summed E-state index contributed by atoms with van der Waals surface area (Å²) in [6.07, 6.45) is 5.05. The highest BCUT2D eigenvalue weighted by molar-refractivity contribution is 5.90. The molecule has 2 aliphatic rings. The quantitative estimate of drug-likeness (QED) is 0.585. The summed E-state index contributed by atoms with van der Waals surface area (Å²) in [6, 6.07) is 11.8. The van der Waals surface area contributed by atoms with E-state index in [1.165, 1.54) is 37.3 Å². The molecule has 0 radical (unpaired) electrons. The summed E-state index contributed by atoms with van der Waals surface area (Å²) in [5, 5.41) is 0. The van der Waals surface area contributed by atoms with Gasteiger partial charge in [-0.1, -0.05) is 12.5 Å². The first kappa shape index (κ1) is 23.0. The van der Waals surface area contributed by atoms with Crippen molar-refractivity contribution in [2.75, 3.05) is 32.2 Å². The highest BCUT2D eigenvalue weighted by Crippen LogP contribution is 2.29. The Labute approximate surface area is 195 Å². The Morgan fingerprint density at radius 2 is 1.85 bits per heavy atom. The summed E-state index contributed by atoms with van der Waals surface area (Å²) < 4.78 is 16.4. The monoisotopic (exact) mass is 452 g/mol. The van der Waals surface area contributed by atoms with Crippen molar-refractivity contribution in [3.8, 4) is 11.5 Å². The van der Waals surface area contributed by atoms with Crippen molar-refractivity contribution < 1.29 is 23.8 Å². The number of benzene rings is 2. The molecule has 2 aromatic rings. The Bertz CT molecular complexity index is 1020. The van der Waals surface area contributed by atoms with Crippen molar-refractivity contribution in [2.24, 2.45) is 0 Å². The van der Waals surface area contributed by atoms with Crippen LogP contribution in [0.15, 0.2) is 36.4 Å². The standard InChI is InChI=1S/C26H32N2O5/c1-18(29)27(15-21-10-12-23(31-2)14-25(21)32-3)16-24-17-28(26(30)33-24)22-11-9-19-7-5-4-6-8-20(19)13-22/h9-14,24H,4-8,15-17H2,1-3H3. The molecule has 0 saturated carbocycles. The summed E-state index contributed by atoms with van der Waals surface area (Å²) in [4.78, 5) is 28.4. The summed E-state index contributed by atoms with van der Waals surface area (Å²) in [7, 11) is 3.19. The number of amides is 2. The maximum absolute atomic E-state index is 12.7. The van der Waals surface area contributed by atoms with Crippen LogP contribution in [-0.2, 0) is 28.9 Å². The minimum absolute atomic E-state index is 0.0904. The van der Waals surface area contributed by atoms with Gasteiger partial charge in [-0.2, -0.15) is 0 Å². The second-order valence-electron chi connectivity index (χ2n) is 8.71. The van der Waals surface area contributed by atoms with E-state index in [1.54, 1.807) is 30.1 Å². The van der Waals surface area contributed by atoms with E-state index in [1.807, 2.05) is 18.2 Å². The zero-order chi connectivity index (χ0) is 23.4. The van der Waals surface area contributed by atoms with Gasteiger partial charge in [-0.15, -0.1) is 0 Å². The third-order valence-corrected chi connectivity index (χ3v) is 6.49. The van der Waals surface area contributed by atoms with Crippen molar-refractivity contribution in [2.45, 2.75) is 51.7 Å². The number of fused-ring (bicyclic) bond motifs is 1. The van der Waals surface area contributed by atoms with Crippen LogP contribution >= 0.6 is 0 Å². The van der Waals surface area contributed by atoms with Crippen LogP contribution < -0.4 is 14.4 Å². The predicted octanol–water partition coefficient (Wildman–Crippen LogP) is 4.35. The lowest BCUT2D eigenvalue weighted by Gasteiger charge is -2.24. The van der Waals surface area contributed by atoms with E-state index < -0.39 is 6.10 Å². The van der Waals surface area contributed by atoms with Crippen LogP contribution in [0.4, 0.5) is 10.5 Å². The number of carbonyl (C=O) groups excluding carboxylic acids is 2. The number of nitrogens with zero attached hydrogens (tertiary/aromatic N) is 2.